The zero-order valence-corrected chi connectivity index (χ0v) is 24.0. The molecule has 1 aliphatic carbocycles. The lowest BCUT2D eigenvalue weighted by atomic mass is 9.77. The predicted octanol–water partition coefficient (Wildman–Crippen LogP) is 5.92. The summed E-state index contributed by atoms with van der Waals surface area (Å²) < 4.78 is 28.6. The Bertz CT molecular complexity index is 1180. The number of nitrogens with one attached hydrogen (secondary N) is 2. The van der Waals surface area contributed by atoms with E-state index in [1.165, 1.54) is 12.1 Å². The van der Waals surface area contributed by atoms with E-state index < -0.39 is 21.7 Å². The minimum Gasteiger partial charge on any atom is -0.293 e. The normalized spacial score (nSPS) is 18.1. The first-order chi connectivity index (χ1) is 18.2. The Morgan fingerprint density at radius 2 is 1.74 bits per heavy atom. The Kier molecular flexibility index (Phi) is 12.8. The average Bonchev–Trinajstić information content (AvgIpc) is 2.91. The molecule has 0 heterocycles. The molecule has 0 aliphatic heterocycles. The summed E-state index contributed by atoms with van der Waals surface area (Å²) >= 11 is 0. The van der Waals surface area contributed by atoms with Gasteiger partial charge in [-0.2, -0.15) is 10.4 Å². The standard InChI is InChI=1S/C29H42N4O4S/c1-5-9-13-21(8-4)20-31-38(36,37)23-15-12-14-22(18-23)32-33-27-24(16-10-6-2)26(19-30)28(34)25(29(27)35)17-11-7-3/h12,14-15,18,21,25,31-32H,5-11,13,16-17,20H2,1-4H3. The molecule has 0 radical (unpaired) electrons. The highest BCUT2D eigenvalue weighted by molar-refractivity contribution is 7.89. The van der Waals surface area contributed by atoms with Crippen LogP contribution in [0.2, 0.25) is 0 Å². The second-order valence-electron chi connectivity index (χ2n) is 9.86. The van der Waals surface area contributed by atoms with Gasteiger partial charge in [0.25, 0.3) is 0 Å². The van der Waals surface area contributed by atoms with E-state index in [0.29, 0.717) is 43.5 Å². The van der Waals surface area contributed by atoms with Gasteiger partial charge in [0.15, 0.2) is 11.6 Å². The minimum absolute atomic E-state index is 0.00813. The minimum atomic E-state index is -3.73. The number of carbonyl (C=O) groups excluding carboxylic acids is 2. The summed E-state index contributed by atoms with van der Waals surface area (Å²) in [6.07, 6.45) is 7.82. The molecule has 1 aliphatic rings. The maximum absolute atomic E-state index is 13.3. The number of rotatable bonds is 16. The van der Waals surface area contributed by atoms with Crippen molar-refractivity contribution in [2.45, 2.75) is 96.8 Å². The molecule has 8 nitrogen and oxygen atoms in total. The van der Waals surface area contributed by atoms with Crippen LogP contribution in [-0.4, -0.2) is 32.2 Å². The van der Waals surface area contributed by atoms with E-state index in [-0.39, 0.29) is 27.9 Å². The highest BCUT2D eigenvalue weighted by Gasteiger charge is 2.40. The van der Waals surface area contributed by atoms with E-state index >= 15 is 0 Å². The molecule has 0 spiro atoms. The van der Waals surface area contributed by atoms with Crippen molar-refractivity contribution in [1.82, 2.24) is 4.72 Å². The fourth-order valence-corrected chi connectivity index (χ4v) is 5.66. The Hall–Kier alpha value is -2.83. The van der Waals surface area contributed by atoms with Crippen LogP contribution in [0.5, 0.6) is 0 Å². The lowest BCUT2D eigenvalue weighted by Gasteiger charge is -2.23. The van der Waals surface area contributed by atoms with Gasteiger partial charge >= 0.3 is 0 Å². The number of unbranched alkanes of at least 4 members (excludes halogenated alkanes) is 3. The number of anilines is 1. The fourth-order valence-electron chi connectivity index (χ4n) is 4.49. The number of hydrogen-bond acceptors (Lipinski definition) is 7. The van der Waals surface area contributed by atoms with Gasteiger partial charge in [-0.05, 0) is 49.8 Å². The molecule has 0 bridgehead atoms. The van der Waals surface area contributed by atoms with Crippen LogP contribution in [0.25, 0.3) is 0 Å². The largest absolute Gasteiger partial charge is 0.293 e. The molecule has 0 saturated heterocycles. The molecule has 38 heavy (non-hydrogen) atoms. The van der Waals surface area contributed by atoms with Crippen molar-refractivity contribution < 1.29 is 18.0 Å². The molecule has 2 atom stereocenters. The Balaban J connectivity index is 2.33. The smallest absolute Gasteiger partial charge is 0.240 e. The van der Waals surface area contributed by atoms with E-state index in [1.807, 2.05) is 19.9 Å². The highest BCUT2D eigenvalue weighted by atomic mass is 32.2. The van der Waals surface area contributed by atoms with Crippen LogP contribution >= 0.6 is 0 Å². The van der Waals surface area contributed by atoms with Gasteiger partial charge < -0.3 is 0 Å². The first-order valence-electron chi connectivity index (χ1n) is 13.9. The number of allylic oxidation sites excluding steroid dienone is 2. The number of nitriles is 1. The third kappa shape index (κ3) is 8.34. The summed E-state index contributed by atoms with van der Waals surface area (Å²) in [5.74, 6) is -1.44. The van der Waals surface area contributed by atoms with Crippen LogP contribution in [-0.2, 0) is 19.6 Å². The molecule has 2 unspecified atom stereocenters. The van der Waals surface area contributed by atoms with E-state index in [1.54, 1.807) is 12.1 Å². The van der Waals surface area contributed by atoms with Crippen LogP contribution in [0.3, 0.4) is 0 Å². The van der Waals surface area contributed by atoms with E-state index in [4.69, 9.17) is 0 Å². The first-order valence-corrected chi connectivity index (χ1v) is 15.4. The van der Waals surface area contributed by atoms with Crippen molar-refractivity contribution in [1.29, 1.82) is 5.26 Å². The van der Waals surface area contributed by atoms with E-state index in [0.717, 1.165) is 38.5 Å². The van der Waals surface area contributed by atoms with Gasteiger partial charge in [-0.15, -0.1) is 0 Å². The average molecular weight is 543 g/mol. The molecule has 0 fully saturated rings. The van der Waals surface area contributed by atoms with Crippen LogP contribution < -0.4 is 10.1 Å². The van der Waals surface area contributed by atoms with Crippen molar-refractivity contribution in [2.24, 2.45) is 16.9 Å². The Morgan fingerprint density at radius 3 is 2.37 bits per heavy atom. The molecule has 0 saturated carbocycles. The molecule has 208 valence electrons. The van der Waals surface area contributed by atoms with Gasteiger partial charge in [0.2, 0.25) is 10.0 Å². The van der Waals surface area contributed by atoms with Crippen LogP contribution in [0.1, 0.15) is 91.9 Å². The second kappa shape index (κ2) is 15.6. The first kappa shape index (κ1) is 31.4. The molecular weight excluding hydrogens is 500 g/mol. The third-order valence-electron chi connectivity index (χ3n) is 6.99. The molecule has 2 rings (SSSR count). The van der Waals surface area contributed by atoms with Gasteiger partial charge in [0.05, 0.1) is 16.5 Å². The molecular formula is C29H42N4O4S. The summed E-state index contributed by atoms with van der Waals surface area (Å²) in [5.41, 5.74) is 3.68. The quantitative estimate of drug-likeness (QED) is 0.197. The number of hydrogen-bond donors (Lipinski definition) is 2. The SMILES string of the molecule is CCCCC1=C(C#N)C(=O)C(CCCC)C(=O)C1=NNc1cccc(S(=O)(=O)NCC(CC)CCCC)c1. The molecule has 0 aromatic heterocycles. The van der Waals surface area contributed by atoms with Gasteiger partial charge in [0, 0.05) is 12.1 Å². The summed E-state index contributed by atoms with van der Waals surface area (Å²) in [6, 6.07) is 8.26. The number of sulfonamides is 1. The molecule has 1 aromatic carbocycles. The monoisotopic (exact) mass is 542 g/mol. The van der Waals surface area contributed by atoms with Crippen molar-refractivity contribution in [3.05, 3.63) is 35.4 Å². The maximum Gasteiger partial charge on any atom is 0.240 e. The van der Waals surface area contributed by atoms with Crippen molar-refractivity contribution >= 4 is 33.0 Å². The zero-order valence-electron chi connectivity index (χ0n) is 23.2. The molecule has 9 heteroatoms. The zero-order chi connectivity index (χ0) is 28.1. The van der Waals surface area contributed by atoms with Crippen LogP contribution in [0.4, 0.5) is 5.69 Å². The van der Waals surface area contributed by atoms with Crippen molar-refractivity contribution in [2.75, 3.05) is 12.0 Å². The van der Waals surface area contributed by atoms with Gasteiger partial charge in [-0.25, -0.2) is 13.1 Å². The Morgan fingerprint density at radius 1 is 1.03 bits per heavy atom. The number of ketones is 2. The fraction of sp³-hybridized carbons (Fsp3) is 0.586. The molecule has 1 aromatic rings. The summed E-state index contributed by atoms with van der Waals surface area (Å²) in [7, 11) is -3.73. The lowest BCUT2D eigenvalue weighted by Crippen LogP contribution is -2.38. The Labute approximate surface area is 228 Å². The van der Waals surface area contributed by atoms with E-state index in [2.05, 4.69) is 29.1 Å². The number of hydrazone groups is 1. The van der Waals surface area contributed by atoms with Crippen LogP contribution in [0.15, 0.2) is 45.4 Å². The number of carbonyl (C=O) groups is 2. The maximum atomic E-state index is 13.3. The van der Waals surface area contributed by atoms with Crippen LogP contribution in [0, 0.1) is 23.2 Å². The third-order valence-corrected chi connectivity index (χ3v) is 8.41. The number of Topliss-reactive ketones (excluding diaryl/α,β-unsaturated/α-hetero) is 2. The summed E-state index contributed by atoms with van der Waals surface area (Å²) in [4.78, 5) is 26.4. The van der Waals surface area contributed by atoms with Crippen molar-refractivity contribution in [3.63, 3.8) is 0 Å². The topological polar surface area (TPSA) is 128 Å². The summed E-state index contributed by atoms with van der Waals surface area (Å²) in [6.45, 7) is 8.53. The molecule has 2 N–H and O–H groups in total. The number of nitrogens with zero attached hydrogens (tertiary/aromatic N) is 2. The lowest BCUT2D eigenvalue weighted by molar-refractivity contribution is -0.127. The van der Waals surface area contributed by atoms with Crippen molar-refractivity contribution in [3.8, 4) is 6.07 Å². The predicted molar refractivity (Wildman–Crippen MR) is 151 cm³/mol. The highest BCUT2D eigenvalue weighted by Crippen LogP contribution is 2.29. The summed E-state index contributed by atoms with van der Waals surface area (Å²) in [5, 5.41) is 14.1. The van der Waals surface area contributed by atoms with Gasteiger partial charge in [-0.3, -0.25) is 15.0 Å². The van der Waals surface area contributed by atoms with Gasteiger partial charge in [-0.1, -0.05) is 72.3 Å². The van der Waals surface area contributed by atoms with Gasteiger partial charge in [0.1, 0.15) is 17.4 Å². The molecule has 0 amide bonds. The number of benzene rings is 1. The van der Waals surface area contributed by atoms with E-state index in [9.17, 15) is 23.3 Å². The second-order valence-corrected chi connectivity index (χ2v) is 11.6.